The number of nitrogens with zero attached hydrogens (tertiary/aromatic N) is 1. The van der Waals surface area contributed by atoms with Gasteiger partial charge >= 0.3 is 11.9 Å². The summed E-state index contributed by atoms with van der Waals surface area (Å²) in [5.74, 6) is -0.373. The van der Waals surface area contributed by atoms with Gasteiger partial charge in [-0.3, -0.25) is 14.4 Å². The second kappa shape index (κ2) is 23.7. The Morgan fingerprint density at radius 3 is 1.85 bits per heavy atom. The van der Waals surface area contributed by atoms with Gasteiger partial charge in [-0.1, -0.05) is 90.7 Å². The van der Waals surface area contributed by atoms with E-state index in [1.165, 1.54) is 57.8 Å². The highest BCUT2D eigenvalue weighted by Gasteiger charge is 2.27. The third kappa shape index (κ3) is 17.9. The zero-order valence-corrected chi connectivity index (χ0v) is 30.5. The van der Waals surface area contributed by atoms with Crippen LogP contribution in [0.15, 0.2) is 29.4 Å². The van der Waals surface area contributed by atoms with E-state index in [0.717, 1.165) is 42.2 Å². The first kappa shape index (κ1) is 41.4. The van der Waals surface area contributed by atoms with E-state index in [2.05, 4.69) is 22.2 Å². The maximum absolute atomic E-state index is 11.8. The summed E-state index contributed by atoms with van der Waals surface area (Å²) in [6.45, 7) is 15.8. The van der Waals surface area contributed by atoms with Crippen LogP contribution in [-0.4, -0.2) is 60.1 Å². The number of ether oxygens (including phenoxy) is 3. The number of esters is 2. The quantitative estimate of drug-likeness (QED) is 0.0727. The Morgan fingerprint density at radius 1 is 0.739 bits per heavy atom. The van der Waals surface area contributed by atoms with Crippen LogP contribution < -0.4 is 5.32 Å². The molecule has 2 aromatic rings. The zero-order valence-electron chi connectivity index (χ0n) is 29.6. The van der Waals surface area contributed by atoms with E-state index >= 15 is 0 Å². The minimum Gasteiger partial charge on any atom is -0.463 e. The van der Waals surface area contributed by atoms with Crippen LogP contribution in [0.25, 0.3) is 11.0 Å². The highest BCUT2D eigenvalue weighted by Crippen LogP contribution is 2.22. The molecule has 0 aliphatic rings. The van der Waals surface area contributed by atoms with Crippen molar-refractivity contribution in [2.24, 2.45) is 10.8 Å². The topological polar surface area (TPSA) is 120 Å². The maximum Gasteiger partial charge on any atom is 0.311 e. The summed E-state index contributed by atoms with van der Waals surface area (Å²) in [5.41, 5.74) is 0.834. The number of rotatable bonds is 22. The van der Waals surface area contributed by atoms with Crippen LogP contribution in [0.2, 0.25) is 0 Å². The number of aromatic nitrogens is 2. The SMILES string of the molecule is CCC(C)(C)C(=O)OCCNC(=O)Sc1nc2ccccc2[nH]1.CCCCCCCCCCCCOCCOC(=O)C(C)(C)CC. The molecule has 0 aliphatic heterocycles. The number of benzene rings is 1. The van der Waals surface area contributed by atoms with E-state index in [4.69, 9.17) is 14.2 Å². The van der Waals surface area contributed by atoms with Crippen molar-refractivity contribution in [1.29, 1.82) is 0 Å². The molecular formula is C36H61N3O6S. The van der Waals surface area contributed by atoms with Gasteiger partial charge in [0.15, 0.2) is 5.16 Å². The second-order valence-corrected chi connectivity index (χ2v) is 13.9. The van der Waals surface area contributed by atoms with Gasteiger partial charge in [0.05, 0.1) is 35.0 Å². The van der Waals surface area contributed by atoms with E-state index in [1.807, 2.05) is 65.8 Å². The lowest BCUT2D eigenvalue weighted by Crippen LogP contribution is -2.30. The largest absolute Gasteiger partial charge is 0.463 e. The summed E-state index contributed by atoms with van der Waals surface area (Å²) in [6, 6.07) is 7.58. The molecule has 0 atom stereocenters. The van der Waals surface area contributed by atoms with Crippen molar-refractivity contribution in [3.05, 3.63) is 24.3 Å². The molecule has 1 aromatic carbocycles. The Kier molecular flexibility index (Phi) is 21.3. The summed E-state index contributed by atoms with van der Waals surface area (Å²) in [7, 11) is 0. The minimum atomic E-state index is -0.493. The first-order chi connectivity index (χ1) is 22.0. The van der Waals surface area contributed by atoms with Gasteiger partial charge < -0.3 is 24.5 Å². The lowest BCUT2D eigenvalue weighted by atomic mass is 9.91. The molecule has 1 heterocycles. The maximum atomic E-state index is 11.8. The molecule has 0 unspecified atom stereocenters. The lowest BCUT2D eigenvalue weighted by molar-refractivity contribution is -0.155. The second-order valence-electron chi connectivity index (χ2n) is 12.9. The number of hydrogen-bond donors (Lipinski definition) is 2. The van der Waals surface area contributed by atoms with Crippen molar-refractivity contribution < 1.29 is 28.6 Å². The number of nitrogens with one attached hydrogen (secondary N) is 2. The molecule has 0 spiro atoms. The van der Waals surface area contributed by atoms with E-state index in [-0.39, 0.29) is 35.7 Å². The van der Waals surface area contributed by atoms with Crippen molar-refractivity contribution in [3.63, 3.8) is 0 Å². The van der Waals surface area contributed by atoms with Crippen molar-refractivity contribution in [2.45, 2.75) is 131 Å². The fourth-order valence-electron chi connectivity index (χ4n) is 4.06. The number of hydrogen-bond acceptors (Lipinski definition) is 8. The highest BCUT2D eigenvalue weighted by molar-refractivity contribution is 8.13. The van der Waals surface area contributed by atoms with Crippen LogP contribution in [0.5, 0.6) is 0 Å². The molecular weight excluding hydrogens is 602 g/mol. The number of amides is 1. The average Bonchev–Trinajstić information content (AvgIpc) is 3.45. The van der Waals surface area contributed by atoms with Gasteiger partial charge in [0.1, 0.15) is 13.2 Å². The van der Waals surface area contributed by atoms with Gasteiger partial charge in [-0.15, -0.1) is 0 Å². The Morgan fingerprint density at radius 2 is 1.28 bits per heavy atom. The Balaban J connectivity index is 0.000000460. The minimum absolute atomic E-state index is 0.123. The number of unbranched alkanes of at least 4 members (excludes halogenated alkanes) is 9. The number of para-hydroxylation sites is 2. The summed E-state index contributed by atoms with van der Waals surface area (Å²) >= 11 is 0.981. The lowest BCUT2D eigenvalue weighted by Gasteiger charge is -2.20. The predicted molar refractivity (Wildman–Crippen MR) is 188 cm³/mol. The Labute approximate surface area is 282 Å². The van der Waals surface area contributed by atoms with Gasteiger partial charge in [-0.25, -0.2) is 4.98 Å². The number of imidazole rings is 1. The fourth-order valence-corrected chi connectivity index (χ4v) is 4.72. The molecule has 0 radical (unpaired) electrons. The van der Waals surface area contributed by atoms with Gasteiger partial charge in [0, 0.05) is 18.4 Å². The van der Waals surface area contributed by atoms with Crippen molar-refractivity contribution in [1.82, 2.24) is 15.3 Å². The normalized spacial score (nSPS) is 11.5. The molecule has 262 valence electrons. The third-order valence-electron chi connectivity index (χ3n) is 8.14. The monoisotopic (exact) mass is 663 g/mol. The van der Waals surface area contributed by atoms with Crippen molar-refractivity contribution in [3.8, 4) is 0 Å². The average molecular weight is 664 g/mol. The fraction of sp³-hybridized carbons (Fsp3) is 0.722. The molecule has 2 N–H and O–H groups in total. The smallest absolute Gasteiger partial charge is 0.311 e. The zero-order chi connectivity index (χ0) is 34.3. The summed E-state index contributed by atoms with van der Waals surface area (Å²) in [6.07, 6.45) is 14.9. The molecule has 9 nitrogen and oxygen atoms in total. The van der Waals surface area contributed by atoms with Gasteiger partial charge in [0.25, 0.3) is 5.24 Å². The van der Waals surface area contributed by atoms with Crippen molar-refractivity contribution in [2.75, 3.05) is 33.0 Å². The molecule has 0 fully saturated rings. The number of carbonyl (C=O) groups is 3. The van der Waals surface area contributed by atoms with E-state index in [0.29, 0.717) is 24.8 Å². The number of aromatic amines is 1. The van der Waals surface area contributed by atoms with E-state index in [9.17, 15) is 14.4 Å². The van der Waals surface area contributed by atoms with Crippen molar-refractivity contribution >= 4 is 40.0 Å². The van der Waals surface area contributed by atoms with Crippen LogP contribution in [0.4, 0.5) is 4.79 Å². The molecule has 2 rings (SSSR count). The molecule has 0 bridgehead atoms. The standard InChI is InChI=1S/C20H40O3.C16H21N3O3S/c1-5-7-8-9-10-11-12-13-14-15-16-22-17-18-23-19(21)20(3,4)6-2;1-4-16(2,3)13(20)22-10-9-17-15(21)23-14-18-11-7-5-6-8-12(11)19-14/h5-18H2,1-4H3;5-8H,4,9-10H2,1-3H3,(H,17,21)(H,18,19). The molecule has 10 heteroatoms. The summed E-state index contributed by atoms with van der Waals surface area (Å²) in [4.78, 5) is 42.7. The highest BCUT2D eigenvalue weighted by atomic mass is 32.2. The predicted octanol–water partition coefficient (Wildman–Crippen LogP) is 9.25. The van der Waals surface area contributed by atoms with Gasteiger partial charge in [0.2, 0.25) is 0 Å². The number of thioether (sulfide) groups is 1. The summed E-state index contributed by atoms with van der Waals surface area (Å²) < 4.78 is 15.9. The first-order valence-electron chi connectivity index (χ1n) is 17.3. The van der Waals surface area contributed by atoms with E-state index < -0.39 is 5.41 Å². The molecule has 0 aliphatic carbocycles. The Bertz CT molecular complexity index is 1100. The van der Waals surface area contributed by atoms with Crippen LogP contribution >= 0.6 is 11.8 Å². The number of carbonyl (C=O) groups excluding carboxylic acids is 3. The van der Waals surface area contributed by atoms with Gasteiger partial charge in [-0.2, -0.15) is 0 Å². The Hall–Kier alpha value is -2.59. The molecule has 46 heavy (non-hydrogen) atoms. The van der Waals surface area contributed by atoms with E-state index in [1.54, 1.807) is 0 Å². The third-order valence-corrected chi connectivity index (χ3v) is 8.85. The van der Waals surface area contributed by atoms with Crippen LogP contribution in [0.1, 0.15) is 126 Å². The summed E-state index contributed by atoms with van der Waals surface area (Å²) in [5, 5.41) is 2.98. The van der Waals surface area contributed by atoms with Crippen LogP contribution in [0, 0.1) is 10.8 Å². The molecule has 0 saturated heterocycles. The first-order valence-corrected chi connectivity index (χ1v) is 18.1. The van der Waals surface area contributed by atoms with Crippen LogP contribution in [-0.2, 0) is 23.8 Å². The number of fused-ring (bicyclic) bond motifs is 1. The van der Waals surface area contributed by atoms with Crippen LogP contribution in [0.3, 0.4) is 0 Å². The molecule has 0 saturated carbocycles. The van der Waals surface area contributed by atoms with Gasteiger partial charge in [-0.05, 0) is 59.1 Å². The molecule has 1 aromatic heterocycles. The molecule has 1 amide bonds. The number of H-pyrrole nitrogens is 1.